The number of nitrogens with zero attached hydrogens (tertiary/aromatic N) is 1. The first-order chi connectivity index (χ1) is 16.7. The molecule has 2 aromatic rings. The number of alkyl carbamates (subject to hydrolysis) is 1. The molecular formula is C27H36N4O5. The molecule has 2 unspecified atom stereocenters. The number of carbonyl (C=O) groups excluding carboxylic acids is 4. The summed E-state index contributed by atoms with van der Waals surface area (Å²) in [7, 11) is 1.45. The van der Waals surface area contributed by atoms with Crippen LogP contribution in [0.2, 0.25) is 0 Å². The van der Waals surface area contributed by atoms with Gasteiger partial charge in [-0.2, -0.15) is 0 Å². The highest BCUT2D eigenvalue weighted by molar-refractivity contribution is 6.00. The SMILES string of the molecule is Cc1cc(C)cc(C(C(=O)Nc2ccccc2C)N(C)C(=O)C(CC(N)=O)NC(=O)OC(C)(C)C)c1. The molecule has 0 radical (unpaired) electrons. The summed E-state index contributed by atoms with van der Waals surface area (Å²) in [6.45, 7) is 10.7. The average Bonchev–Trinajstić information content (AvgIpc) is 2.72. The Bertz CT molecular complexity index is 1120. The van der Waals surface area contributed by atoms with Gasteiger partial charge in [0.2, 0.25) is 11.8 Å². The number of anilines is 1. The van der Waals surface area contributed by atoms with E-state index in [-0.39, 0.29) is 0 Å². The van der Waals surface area contributed by atoms with Crippen molar-refractivity contribution in [3.8, 4) is 0 Å². The van der Waals surface area contributed by atoms with E-state index in [4.69, 9.17) is 10.5 Å². The molecule has 0 aromatic heterocycles. The molecule has 0 aliphatic carbocycles. The third-order valence-electron chi connectivity index (χ3n) is 5.34. The Hall–Kier alpha value is -3.88. The number of nitrogens with one attached hydrogen (secondary N) is 2. The quantitative estimate of drug-likeness (QED) is 0.515. The van der Waals surface area contributed by atoms with E-state index in [0.29, 0.717) is 11.3 Å². The van der Waals surface area contributed by atoms with Gasteiger partial charge in [0, 0.05) is 12.7 Å². The Morgan fingerprint density at radius 1 is 1.00 bits per heavy atom. The lowest BCUT2D eigenvalue weighted by Crippen LogP contribution is -2.52. The Labute approximate surface area is 212 Å². The van der Waals surface area contributed by atoms with Crippen molar-refractivity contribution in [3.63, 3.8) is 0 Å². The van der Waals surface area contributed by atoms with Crippen molar-refractivity contribution >= 4 is 29.5 Å². The molecule has 0 fully saturated rings. The molecule has 2 atom stereocenters. The molecule has 0 bridgehead atoms. The lowest BCUT2D eigenvalue weighted by molar-refractivity contribution is -0.140. The number of aryl methyl sites for hydroxylation is 3. The van der Waals surface area contributed by atoms with Gasteiger partial charge in [0.15, 0.2) is 0 Å². The molecule has 4 amide bonds. The molecule has 9 nitrogen and oxygen atoms in total. The summed E-state index contributed by atoms with van der Waals surface area (Å²) in [6.07, 6.45) is -1.33. The number of para-hydroxylation sites is 1. The van der Waals surface area contributed by atoms with Crippen molar-refractivity contribution in [3.05, 3.63) is 64.7 Å². The Morgan fingerprint density at radius 2 is 1.58 bits per heavy atom. The van der Waals surface area contributed by atoms with Gasteiger partial charge in [-0.15, -0.1) is 0 Å². The molecule has 0 saturated heterocycles. The van der Waals surface area contributed by atoms with Gasteiger partial charge in [0.1, 0.15) is 17.7 Å². The van der Waals surface area contributed by atoms with E-state index >= 15 is 0 Å². The van der Waals surface area contributed by atoms with E-state index < -0.39 is 47.9 Å². The molecular weight excluding hydrogens is 460 g/mol. The minimum atomic E-state index is -1.32. The van der Waals surface area contributed by atoms with Gasteiger partial charge in [-0.1, -0.05) is 47.5 Å². The van der Waals surface area contributed by atoms with E-state index in [1.807, 2.05) is 51.1 Å². The van der Waals surface area contributed by atoms with Gasteiger partial charge < -0.3 is 26.0 Å². The van der Waals surface area contributed by atoms with Crippen LogP contribution in [0, 0.1) is 20.8 Å². The second kappa shape index (κ2) is 11.7. The van der Waals surface area contributed by atoms with E-state index in [9.17, 15) is 19.2 Å². The normalized spacial score (nSPS) is 12.8. The third-order valence-corrected chi connectivity index (χ3v) is 5.34. The maximum Gasteiger partial charge on any atom is 0.408 e. The standard InChI is InChI=1S/C27H36N4O5/c1-16-12-17(2)14-19(13-16)23(24(33)29-20-11-9-8-10-18(20)3)31(7)25(34)21(15-22(28)32)30-26(35)36-27(4,5)6/h8-14,21,23H,15H2,1-7H3,(H2,28,32)(H,29,33)(H,30,35). The first-order valence-electron chi connectivity index (χ1n) is 11.7. The Kier molecular flexibility index (Phi) is 9.22. The molecule has 0 aliphatic heterocycles. The number of benzene rings is 2. The Morgan fingerprint density at radius 3 is 2.11 bits per heavy atom. The van der Waals surface area contributed by atoms with Crippen LogP contribution in [0.4, 0.5) is 10.5 Å². The lowest BCUT2D eigenvalue weighted by atomic mass is 9.98. The smallest absolute Gasteiger partial charge is 0.408 e. The molecule has 0 heterocycles. The van der Waals surface area contributed by atoms with Crippen LogP contribution in [-0.2, 0) is 19.1 Å². The molecule has 0 aliphatic rings. The van der Waals surface area contributed by atoms with Crippen LogP contribution in [0.5, 0.6) is 0 Å². The van der Waals surface area contributed by atoms with Crippen molar-refractivity contribution in [1.82, 2.24) is 10.2 Å². The predicted octanol–water partition coefficient (Wildman–Crippen LogP) is 3.52. The molecule has 0 saturated carbocycles. The first kappa shape index (κ1) is 28.4. The fourth-order valence-electron chi connectivity index (χ4n) is 3.86. The van der Waals surface area contributed by atoms with Crippen LogP contribution < -0.4 is 16.4 Å². The summed E-state index contributed by atoms with van der Waals surface area (Å²) in [5.74, 6) is -1.89. The zero-order valence-electron chi connectivity index (χ0n) is 22.0. The van der Waals surface area contributed by atoms with E-state index in [1.54, 1.807) is 32.9 Å². The number of hydrogen-bond donors (Lipinski definition) is 3. The largest absolute Gasteiger partial charge is 0.444 e. The number of ether oxygens (including phenoxy) is 1. The maximum atomic E-state index is 13.6. The zero-order chi connectivity index (χ0) is 27.2. The highest BCUT2D eigenvalue weighted by Crippen LogP contribution is 2.26. The van der Waals surface area contributed by atoms with Crippen LogP contribution in [-0.4, -0.2) is 47.4 Å². The van der Waals surface area contributed by atoms with Crippen molar-refractivity contribution in [2.45, 2.75) is 65.6 Å². The van der Waals surface area contributed by atoms with Crippen molar-refractivity contribution in [2.75, 3.05) is 12.4 Å². The maximum absolute atomic E-state index is 13.6. The van der Waals surface area contributed by atoms with Crippen LogP contribution in [0.15, 0.2) is 42.5 Å². The minimum absolute atomic E-state index is 0.444. The number of likely N-dealkylation sites (N-methyl/N-ethyl adjacent to an activating group) is 1. The molecule has 36 heavy (non-hydrogen) atoms. The number of nitrogens with two attached hydrogens (primary N) is 1. The van der Waals surface area contributed by atoms with Gasteiger partial charge in [-0.25, -0.2) is 4.79 Å². The van der Waals surface area contributed by atoms with Crippen LogP contribution >= 0.6 is 0 Å². The number of hydrogen-bond acceptors (Lipinski definition) is 5. The predicted molar refractivity (Wildman–Crippen MR) is 138 cm³/mol. The van der Waals surface area contributed by atoms with Gasteiger partial charge in [-0.3, -0.25) is 14.4 Å². The summed E-state index contributed by atoms with van der Waals surface area (Å²) in [6, 6.07) is 10.5. The van der Waals surface area contributed by atoms with Crippen LogP contribution in [0.1, 0.15) is 55.5 Å². The third kappa shape index (κ3) is 8.11. The number of rotatable bonds is 8. The molecule has 0 spiro atoms. The average molecular weight is 497 g/mol. The van der Waals surface area contributed by atoms with E-state index in [1.165, 1.54) is 11.9 Å². The monoisotopic (exact) mass is 496 g/mol. The summed E-state index contributed by atoms with van der Waals surface area (Å²) in [5.41, 5.74) is 8.43. The number of amides is 4. The molecule has 9 heteroatoms. The molecule has 194 valence electrons. The summed E-state index contributed by atoms with van der Waals surface area (Å²) < 4.78 is 5.24. The molecule has 2 rings (SSSR count). The molecule has 4 N–H and O–H groups in total. The second-order valence-electron chi connectivity index (χ2n) is 9.95. The highest BCUT2D eigenvalue weighted by atomic mass is 16.6. The lowest BCUT2D eigenvalue weighted by Gasteiger charge is -2.31. The van der Waals surface area contributed by atoms with Crippen molar-refractivity contribution in [1.29, 1.82) is 0 Å². The van der Waals surface area contributed by atoms with Gasteiger partial charge in [0.05, 0.1) is 6.42 Å². The number of primary amides is 1. The van der Waals surface area contributed by atoms with Crippen LogP contribution in [0.3, 0.4) is 0 Å². The highest BCUT2D eigenvalue weighted by Gasteiger charge is 2.35. The van der Waals surface area contributed by atoms with Crippen molar-refractivity contribution < 1.29 is 23.9 Å². The van der Waals surface area contributed by atoms with Gasteiger partial charge in [-0.05, 0) is 58.7 Å². The summed E-state index contributed by atoms with van der Waals surface area (Å²) >= 11 is 0. The van der Waals surface area contributed by atoms with Crippen LogP contribution in [0.25, 0.3) is 0 Å². The van der Waals surface area contributed by atoms with Crippen molar-refractivity contribution in [2.24, 2.45) is 5.73 Å². The van der Waals surface area contributed by atoms with Gasteiger partial charge in [0.25, 0.3) is 5.91 Å². The molecule has 2 aromatic carbocycles. The zero-order valence-corrected chi connectivity index (χ0v) is 22.0. The topological polar surface area (TPSA) is 131 Å². The minimum Gasteiger partial charge on any atom is -0.444 e. The number of carbonyl (C=O) groups is 4. The van der Waals surface area contributed by atoms with E-state index in [0.717, 1.165) is 16.7 Å². The van der Waals surface area contributed by atoms with E-state index in [2.05, 4.69) is 10.6 Å². The fourth-order valence-corrected chi connectivity index (χ4v) is 3.86. The second-order valence-corrected chi connectivity index (χ2v) is 9.95. The van der Waals surface area contributed by atoms with Gasteiger partial charge >= 0.3 is 6.09 Å². The Balaban J connectivity index is 2.45. The fraction of sp³-hybridized carbons (Fsp3) is 0.407. The summed E-state index contributed by atoms with van der Waals surface area (Å²) in [5, 5.41) is 5.33. The summed E-state index contributed by atoms with van der Waals surface area (Å²) in [4.78, 5) is 52.5. The first-order valence-corrected chi connectivity index (χ1v) is 11.7.